The van der Waals surface area contributed by atoms with E-state index >= 15 is 0 Å². The van der Waals surface area contributed by atoms with E-state index in [-0.39, 0.29) is 86.2 Å². The van der Waals surface area contributed by atoms with Crippen molar-refractivity contribution in [3.8, 4) is 0 Å². The summed E-state index contributed by atoms with van der Waals surface area (Å²) in [5.41, 5.74) is 1.22. The molecule has 17 heteroatoms. The van der Waals surface area contributed by atoms with Crippen LogP contribution in [-0.2, 0) is 38.2 Å². The Balaban J connectivity index is 1.46. The molecule has 3 fully saturated rings. The molecule has 0 radical (unpaired) electrons. The monoisotopic (exact) mass is 966 g/mol. The molecule has 0 aromatic carbocycles. The second kappa shape index (κ2) is 25.7. The number of hydrogen-bond acceptors (Lipinski definition) is 15. The minimum atomic E-state index is -2.47. The SMILES string of the molecule is CO[C@H]1C(=O)[C@H](C)C[C@H](C)/C=C/C=C/C=C(\C)[C@@H](CO)C[C@@H]2CC[C@@H](C)[C@@](O)(O2)C(=O)C(=O)N2CCCC[C@H]2C(=O)O[C@H]([C@H](C)C[C@@H]2CC[C@H](n3ncnn3)[C@H](CO)C2)CC(=O)[C@H](C)/C=C(\C)[C@H]1O. The van der Waals surface area contributed by atoms with E-state index in [1.165, 1.54) is 23.1 Å². The zero-order chi connectivity index (χ0) is 50.6. The first kappa shape index (κ1) is 55.7. The van der Waals surface area contributed by atoms with E-state index in [1.54, 1.807) is 33.8 Å². The summed E-state index contributed by atoms with van der Waals surface area (Å²) in [6.45, 7) is 12.3. The summed E-state index contributed by atoms with van der Waals surface area (Å²) < 4.78 is 18.0. The van der Waals surface area contributed by atoms with Crippen LogP contribution in [0, 0.1) is 47.3 Å². The quantitative estimate of drug-likeness (QED) is 0.155. The third-order valence-electron chi connectivity index (χ3n) is 15.4. The van der Waals surface area contributed by atoms with Gasteiger partial charge in [-0.3, -0.25) is 19.2 Å². The van der Waals surface area contributed by atoms with Gasteiger partial charge in [-0.2, -0.15) is 4.80 Å². The van der Waals surface area contributed by atoms with Crippen LogP contribution in [0.25, 0.3) is 0 Å². The van der Waals surface area contributed by atoms with E-state index in [0.717, 1.165) is 12.0 Å². The summed E-state index contributed by atoms with van der Waals surface area (Å²) in [5, 5.41) is 56.4. The first-order valence-electron chi connectivity index (χ1n) is 25.2. The van der Waals surface area contributed by atoms with E-state index in [9.17, 15) is 44.4 Å². The highest BCUT2D eigenvalue weighted by molar-refractivity contribution is 6.39. The molecule has 4 aliphatic rings. The number of rotatable bonds is 7. The highest BCUT2D eigenvalue weighted by Crippen LogP contribution is 2.41. The maximum Gasteiger partial charge on any atom is 0.329 e. The Kier molecular flexibility index (Phi) is 20.8. The number of carbonyl (C=O) groups is 5. The number of ether oxygens (including phenoxy) is 3. The van der Waals surface area contributed by atoms with Crippen molar-refractivity contribution in [3.63, 3.8) is 0 Å². The largest absolute Gasteiger partial charge is 0.460 e. The Bertz CT molecular complexity index is 2020. The van der Waals surface area contributed by atoms with Crippen LogP contribution in [0.1, 0.15) is 132 Å². The lowest BCUT2D eigenvalue weighted by atomic mass is 9.74. The Morgan fingerprint density at radius 2 is 1.67 bits per heavy atom. The topological polar surface area (TPSA) is 241 Å². The minimum absolute atomic E-state index is 0.00345. The lowest BCUT2D eigenvalue weighted by molar-refractivity contribution is -0.265. The number of allylic oxidation sites excluding steroid dienone is 6. The Hall–Kier alpha value is -4.26. The molecule has 1 aliphatic carbocycles. The highest BCUT2D eigenvalue weighted by Gasteiger charge is 2.53. The average molecular weight is 966 g/mol. The van der Waals surface area contributed by atoms with Gasteiger partial charge in [-0.25, -0.2) is 4.79 Å². The van der Waals surface area contributed by atoms with Gasteiger partial charge in [-0.1, -0.05) is 76.6 Å². The lowest BCUT2D eigenvalue weighted by Crippen LogP contribution is -2.60. The van der Waals surface area contributed by atoms with Crippen molar-refractivity contribution in [1.29, 1.82) is 0 Å². The number of amides is 1. The number of aliphatic hydroxyl groups excluding tert-OH is 3. The smallest absolute Gasteiger partial charge is 0.329 e. The van der Waals surface area contributed by atoms with Gasteiger partial charge in [0.05, 0.1) is 12.1 Å². The molecule has 1 amide bonds. The van der Waals surface area contributed by atoms with E-state index in [2.05, 4.69) is 15.4 Å². The number of ketones is 3. The molecule has 69 heavy (non-hydrogen) atoms. The molecule has 2 saturated heterocycles. The van der Waals surface area contributed by atoms with Crippen molar-refractivity contribution in [3.05, 3.63) is 53.9 Å². The van der Waals surface area contributed by atoms with E-state index in [0.29, 0.717) is 56.9 Å². The molecular formula is C52H79N5O12. The van der Waals surface area contributed by atoms with Crippen LogP contribution < -0.4 is 0 Å². The second-order valence-corrected chi connectivity index (χ2v) is 20.7. The minimum Gasteiger partial charge on any atom is -0.460 e. The van der Waals surface area contributed by atoms with Crippen molar-refractivity contribution in [1.82, 2.24) is 25.1 Å². The number of tetrazole rings is 1. The van der Waals surface area contributed by atoms with Crippen LogP contribution in [0.2, 0.25) is 0 Å². The summed E-state index contributed by atoms with van der Waals surface area (Å²) >= 11 is 0. The third kappa shape index (κ3) is 14.2. The summed E-state index contributed by atoms with van der Waals surface area (Å²) in [6.07, 6.45) is 13.6. The maximum absolute atomic E-state index is 14.5. The van der Waals surface area contributed by atoms with Crippen molar-refractivity contribution < 1.29 is 58.6 Å². The Labute approximate surface area is 407 Å². The van der Waals surface area contributed by atoms with Gasteiger partial charge in [0.2, 0.25) is 5.79 Å². The number of esters is 1. The van der Waals surface area contributed by atoms with Gasteiger partial charge in [0, 0.05) is 62.9 Å². The van der Waals surface area contributed by atoms with Gasteiger partial charge in [0.15, 0.2) is 12.1 Å². The standard InChI is InChI=1S/C52H79N5O12/c1-31-14-10-9-11-15-32(2)39(28-58)26-41-19-17-37(7)52(66,69-41)49(63)50(64)56-21-13-12-16-43(56)51(65)68-45(34(4)24-38-18-20-42(40(25-38)29-59)57-54-30-53-55-57)27-44(60)33(3)23-36(6)47(62)48(67-8)46(61)35(5)22-31/h9-11,14-15,23,30-31,33-35,37-43,45,47-48,58-59,62,66H,12-13,16-22,24-29H2,1-8H3/b11-9+,14-10+,32-15+,36-23+/t31-,33-,34-,35-,37-,38+,39-,40+,41+,42+,43+,45+,47-,48+,52-/m1/s1. The average Bonchev–Trinajstić information content (AvgIpc) is 3.88. The van der Waals surface area contributed by atoms with Crippen molar-refractivity contribution in [2.45, 2.75) is 168 Å². The van der Waals surface area contributed by atoms with Gasteiger partial charge in [0.1, 0.15) is 30.1 Å². The van der Waals surface area contributed by atoms with Crippen LogP contribution in [0.4, 0.5) is 0 Å². The van der Waals surface area contributed by atoms with Gasteiger partial charge >= 0.3 is 5.97 Å². The lowest BCUT2D eigenvalue weighted by Gasteiger charge is -2.43. The second-order valence-electron chi connectivity index (χ2n) is 20.7. The molecule has 2 bridgehead atoms. The molecule has 1 saturated carbocycles. The summed E-state index contributed by atoms with van der Waals surface area (Å²) in [5.74, 6) is -8.77. The number of carbonyl (C=O) groups excluding carboxylic acids is 5. The van der Waals surface area contributed by atoms with Crippen LogP contribution in [0.3, 0.4) is 0 Å². The number of methoxy groups -OCH3 is 1. The zero-order valence-corrected chi connectivity index (χ0v) is 42.0. The van der Waals surface area contributed by atoms with Gasteiger partial charge in [-0.05, 0) is 113 Å². The fraction of sp³-hybridized carbons (Fsp3) is 0.731. The first-order chi connectivity index (χ1) is 32.8. The molecule has 1 aromatic heterocycles. The van der Waals surface area contributed by atoms with Gasteiger partial charge < -0.3 is 39.5 Å². The zero-order valence-electron chi connectivity index (χ0n) is 42.0. The van der Waals surface area contributed by atoms with E-state index in [4.69, 9.17) is 14.2 Å². The Morgan fingerprint density at radius 1 is 0.913 bits per heavy atom. The number of aliphatic hydroxyl groups is 4. The number of fused-ring (bicyclic) bond motifs is 3. The van der Waals surface area contributed by atoms with Crippen LogP contribution >= 0.6 is 0 Å². The number of cyclic esters (lactones) is 1. The molecule has 4 N–H and O–H groups in total. The predicted octanol–water partition coefficient (Wildman–Crippen LogP) is 5.23. The predicted molar refractivity (Wildman–Crippen MR) is 256 cm³/mol. The number of nitrogens with zero attached hydrogens (tertiary/aromatic N) is 5. The van der Waals surface area contributed by atoms with Gasteiger partial charge in [-0.15, -0.1) is 10.2 Å². The molecule has 0 spiro atoms. The van der Waals surface area contributed by atoms with E-state index in [1.807, 2.05) is 51.2 Å². The normalized spacial score (nSPS) is 38.8. The fourth-order valence-corrected chi connectivity index (χ4v) is 10.9. The molecule has 5 rings (SSSR count). The fourth-order valence-electron chi connectivity index (χ4n) is 10.9. The van der Waals surface area contributed by atoms with Crippen molar-refractivity contribution >= 4 is 29.2 Å². The molecule has 3 aliphatic heterocycles. The number of Topliss-reactive ketones (excluding diaryl/α,β-unsaturated/α-hetero) is 3. The molecule has 4 heterocycles. The molecule has 0 unspecified atom stereocenters. The molecule has 17 nitrogen and oxygen atoms in total. The highest BCUT2D eigenvalue weighted by atomic mass is 16.6. The van der Waals surface area contributed by atoms with Crippen LogP contribution in [-0.4, -0.2) is 138 Å². The van der Waals surface area contributed by atoms with E-state index < -0.39 is 71.7 Å². The number of aromatic nitrogens is 4. The van der Waals surface area contributed by atoms with Crippen LogP contribution in [0.5, 0.6) is 0 Å². The molecular weight excluding hydrogens is 887 g/mol. The first-order valence-corrected chi connectivity index (χ1v) is 25.2. The van der Waals surface area contributed by atoms with Crippen LogP contribution in [0.15, 0.2) is 53.9 Å². The summed E-state index contributed by atoms with van der Waals surface area (Å²) in [4.78, 5) is 73.7. The number of hydrogen-bond donors (Lipinski definition) is 4. The molecule has 1 aromatic rings. The van der Waals surface area contributed by atoms with Crippen molar-refractivity contribution in [2.75, 3.05) is 26.9 Å². The molecule has 15 atom stereocenters. The third-order valence-corrected chi connectivity index (χ3v) is 15.4. The maximum atomic E-state index is 14.5. The Morgan fingerprint density at radius 3 is 2.35 bits per heavy atom. The number of piperidine rings is 1. The summed E-state index contributed by atoms with van der Waals surface area (Å²) in [7, 11) is 1.37. The molecule has 384 valence electrons. The summed E-state index contributed by atoms with van der Waals surface area (Å²) in [6, 6.07) is -1.30. The van der Waals surface area contributed by atoms with Crippen molar-refractivity contribution in [2.24, 2.45) is 47.3 Å². The van der Waals surface area contributed by atoms with Gasteiger partial charge in [0.25, 0.3) is 11.7 Å².